The minimum Gasteiger partial charge on any atom is -0.479 e. The quantitative estimate of drug-likeness (QED) is 0.0863. The van der Waals surface area contributed by atoms with Gasteiger partial charge in [0.15, 0.2) is 43.8 Å². The number of carbonyl (C=O) groups is 1. The fourth-order valence-electron chi connectivity index (χ4n) is 8.49. The predicted octanol–water partition coefficient (Wildman–Crippen LogP) is -8.22. The molecule has 472 valence electrons. The number of carboxylic acids is 1. The van der Waals surface area contributed by atoms with Crippen LogP contribution >= 0.6 is 0 Å². The molecule has 0 aliphatic carbocycles. The summed E-state index contributed by atoms with van der Waals surface area (Å²) >= 11 is 0. The van der Waals surface area contributed by atoms with E-state index in [0.717, 1.165) is 0 Å². The zero-order valence-corrected chi connectivity index (χ0v) is 46.2. The van der Waals surface area contributed by atoms with Gasteiger partial charge in [0.1, 0.15) is 110 Å². The lowest BCUT2D eigenvalue weighted by Crippen LogP contribution is -2.60. The summed E-state index contributed by atoms with van der Waals surface area (Å²) in [6, 6.07) is 0. The van der Waals surface area contributed by atoms with E-state index >= 15 is 0 Å². The third-order valence-corrected chi connectivity index (χ3v) is 13.6. The predicted molar refractivity (Wildman–Crippen MR) is 261 cm³/mol. The third-order valence-electron chi connectivity index (χ3n) is 13.6. The zero-order valence-electron chi connectivity index (χ0n) is 46.2. The summed E-state index contributed by atoms with van der Waals surface area (Å²) in [4.78, 5) is 10.5. The lowest BCUT2D eigenvalue weighted by molar-refractivity contribution is -0.290. The summed E-state index contributed by atoms with van der Waals surface area (Å²) in [5.74, 6) is -1.43. The van der Waals surface area contributed by atoms with E-state index in [2.05, 4.69) is 4.74 Å². The van der Waals surface area contributed by atoms with Gasteiger partial charge in [-0.3, -0.25) is 0 Å². The maximum absolute atomic E-state index is 10.5. The van der Waals surface area contributed by atoms with Crippen molar-refractivity contribution in [1.82, 2.24) is 0 Å². The average molecular weight is 1170 g/mol. The molecule has 0 radical (unpaired) electrons. The van der Waals surface area contributed by atoms with E-state index in [1.54, 1.807) is 0 Å². The maximum Gasteiger partial charge on any atom is 0.335 e. The van der Waals surface area contributed by atoms with Crippen molar-refractivity contribution in [2.75, 3.05) is 42.7 Å². The number of rotatable bonds is 12. The molecule has 0 saturated carbocycles. The second kappa shape index (κ2) is 36.9. The van der Waals surface area contributed by atoms with Crippen LogP contribution in [-0.2, 0) is 61.6 Å². The molecule has 0 amide bonds. The molecule has 6 rings (SSSR count). The van der Waals surface area contributed by atoms with Crippen molar-refractivity contribution in [3.8, 4) is 0 Å². The van der Waals surface area contributed by atoms with Crippen LogP contribution in [0.1, 0.15) is 66.7 Å². The summed E-state index contributed by atoms with van der Waals surface area (Å²) in [7, 11) is 8.09. The van der Waals surface area contributed by atoms with Crippen LogP contribution in [0, 0.1) is 0 Å². The Morgan fingerprint density at radius 3 is 0.557 bits per heavy atom. The number of aliphatic hydroxyl groups is 18. The lowest BCUT2D eigenvalue weighted by Gasteiger charge is -2.39. The summed E-state index contributed by atoms with van der Waals surface area (Å²) in [6.45, 7) is 9.12. The smallest absolute Gasteiger partial charge is 0.335 e. The topological polar surface area (TPSA) is 512 Å². The highest BCUT2D eigenvalue weighted by molar-refractivity contribution is 5.73. The van der Waals surface area contributed by atoms with Crippen LogP contribution in [0.5, 0.6) is 0 Å². The van der Waals surface area contributed by atoms with Gasteiger partial charge in [0, 0.05) is 42.7 Å². The van der Waals surface area contributed by atoms with Crippen molar-refractivity contribution in [2.45, 2.75) is 251 Å². The number of methoxy groups -OCH3 is 6. The van der Waals surface area contributed by atoms with Gasteiger partial charge < -0.3 is 154 Å². The van der Waals surface area contributed by atoms with Gasteiger partial charge in [0.2, 0.25) is 0 Å². The van der Waals surface area contributed by atoms with E-state index < -0.39 is 190 Å². The normalized spacial score (nSPS) is 45.9. The van der Waals surface area contributed by atoms with E-state index in [4.69, 9.17) is 57.2 Å². The summed E-state index contributed by atoms with van der Waals surface area (Å²) in [5.41, 5.74) is 0. The molecule has 6 aliphatic rings. The van der Waals surface area contributed by atoms with Crippen molar-refractivity contribution in [2.24, 2.45) is 0 Å². The van der Waals surface area contributed by atoms with E-state index in [0.29, 0.717) is 32.1 Å². The first kappa shape index (κ1) is 75.3. The number of hydrogen-bond acceptors (Lipinski definition) is 31. The first-order valence-electron chi connectivity index (χ1n) is 25.6. The molecule has 32 heteroatoms. The molecule has 19 N–H and O–H groups in total. The van der Waals surface area contributed by atoms with Gasteiger partial charge in [-0.1, -0.05) is 34.6 Å². The minimum absolute atomic E-state index is 0.483. The molecule has 6 fully saturated rings. The van der Waals surface area contributed by atoms with Gasteiger partial charge >= 0.3 is 5.97 Å². The van der Waals surface area contributed by atoms with Crippen molar-refractivity contribution in [3.63, 3.8) is 0 Å². The highest BCUT2D eigenvalue weighted by Gasteiger charge is 2.49. The van der Waals surface area contributed by atoms with Gasteiger partial charge in [-0.25, -0.2) is 4.79 Å². The summed E-state index contributed by atoms with van der Waals surface area (Å²) in [5, 5.41) is 177. The third kappa shape index (κ3) is 20.2. The number of carboxylic acid groups (broad SMARTS) is 1. The Hall–Kier alpha value is -1.73. The fraction of sp³-hybridized carbons (Fsp3) is 0.979. The first-order valence-corrected chi connectivity index (χ1v) is 25.6. The molecule has 6 aliphatic heterocycles. The maximum atomic E-state index is 10.5. The van der Waals surface area contributed by atoms with E-state index in [1.807, 2.05) is 34.6 Å². The van der Waals surface area contributed by atoms with Crippen molar-refractivity contribution in [3.05, 3.63) is 0 Å². The highest BCUT2D eigenvalue weighted by atomic mass is 16.7. The number of hydrogen-bond donors (Lipinski definition) is 19. The van der Waals surface area contributed by atoms with Crippen molar-refractivity contribution in [1.29, 1.82) is 0 Å². The van der Waals surface area contributed by atoms with E-state index in [1.165, 1.54) is 42.7 Å². The highest BCUT2D eigenvalue weighted by Crippen LogP contribution is 2.28. The molecule has 6 saturated heterocycles. The second-order valence-electron chi connectivity index (χ2n) is 18.8. The van der Waals surface area contributed by atoms with Crippen molar-refractivity contribution < 1.29 is 159 Å². The lowest BCUT2D eigenvalue weighted by atomic mass is 9.97. The van der Waals surface area contributed by atoms with Gasteiger partial charge in [-0.15, -0.1) is 0 Å². The largest absolute Gasteiger partial charge is 0.479 e. The Labute approximate surface area is 457 Å². The second-order valence-corrected chi connectivity index (χ2v) is 18.8. The number of ether oxygens (including phenoxy) is 12. The monoisotopic (exact) mass is 1170 g/mol. The Kier molecular flexibility index (Phi) is 35.1. The number of aliphatic hydroxyl groups excluding tert-OH is 18. The Balaban J connectivity index is 0.000000474. The Morgan fingerprint density at radius 1 is 0.266 bits per heavy atom. The van der Waals surface area contributed by atoms with Crippen LogP contribution in [-0.4, -0.2) is 330 Å². The minimum atomic E-state index is -1.67. The molecule has 0 aromatic rings. The Morgan fingerprint density at radius 2 is 0.418 bits per heavy atom. The molecular formula is C47H92O32. The van der Waals surface area contributed by atoms with E-state index in [9.17, 15) is 96.7 Å². The van der Waals surface area contributed by atoms with Crippen molar-refractivity contribution >= 4 is 5.97 Å². The number of aliphatic carboxylic acids is 1. The van der Waals surface area contributed by atoms with Crippen LogP contribution in [0.4, 0.5) is 0 Å². The molecule has 32 nitrogen and oxygen atoms in total. The van der Waals surface area contributed by atoms with Gasteiger partial charge in [0.05, 0.1) is 30.5 Å². The molecule has 6 heterocycles. The van der Waals surface area contributed by atoms with Crippen LogP contribution in [0.15, 0.2) is 0 Å². The zero-order chi connectivity index (χ0) is 60.9. The molecule has 79 heavy (non-hydrogen) atoms. The molecule has 0 aromatic heterocycles. The van der Waals surface area contributed by atoms with Crippen LogP contribution < -0.4 is 0 Å². The molecule has 0 bridgehead atoms. The molecule has 30 atom stereocenters. The standard InChI is InChI=1S/5C8H16O5.C7H12O7/c5*1-3-4-5(9)6(10)7(11)8(12-2)13-4;1-13-7-4(10)2(8)3(9)5(14-7)6(11)12/h5*4-11H,3H2,1-2H3;2-5,7-10H,1H3,(H,11,12)/t4-,5+,6+,7-,8+;4-,5+,6+,7-,8-;4-,5-,6+,7-,8+;2*4-,5-,6+,7-,8-;2-,3-,4+,5-,7-/m111110/s1. The van der Waals surface area contributed by atoms with Crippen LogP contribution in [0.25, 0.3) is 0 Å². The average Bonchev–Trinajstić information content (AvgIpc) is 3.45. The van der Waals surface area contributed by atoms with Crippen LogP contribution in [0.3, 0.4) is 0 Å². The van der Waals surface area contributed by atoms with Gasteiger partial charge in [0.25, 0.3) is 0 Å². The molecule has 0 spiro atoms. The van der Waals surface area contributed by atoms with Crippen LogP contribution in [0.2, 0.25) is 0 Å². The van der Waals surface area contributed by atoms with Gasteiger partial charge in [-0.05, 0) is 32.1 Å². The fourth-order valence-corrected chi connectivity index (χ4v) is 8.49. The van der Waals surface area contributed by atoms with E-state index in [-0.39, 0.29) is 0 Å². The molecule has 0 unspecified atom stereocenters. The summed E-state index contributed by atoms with van der Waals surface area (Å²) in [6.07, 6.45) is -28.7. The first-order chi connectivity index (χ1) is 37.0. The van der Waals surface area contributed by atoms with Gasteiger partial charge in [-0.2, -0.15) is 0 Å². The molecular weight excluding hydrogens is 1080 g/mol. The summed E-state index contributed by atoms with van der Waals surface area (Å²) < 4.78 is 59.3. The Bertz CT molecular complexity index is 1300. The molecule has 0 aromatic carbocycles. The SMILES string of the molecule is CC[C@H]1O[C@@H](OC)[C@H](O)[C@@H](O)[C@@H]1O.CC[C@H]1O[C@@H](OC)[C@H](O)[C@@H](O)[C@@H]1O.CC[C@H]1O[C@@H](OC)[C@H](O)[C@@H](O)[C@H]1O.CC[C@H]1O[C@H](OC)[C@H](O)[C@@H](O)[C@@H]1O.CC[C@H]1O[C@H](OC)[C@H](O)[C@@H](O)[C@H]1O.CO[C@H]1O[C@H](C(=O)O)[C@@H](O)[C@H](O)[C@H]1O.